The van der Waals surface area contributed by atoms with Crippen molar-refractivity contribution in [2.75, 3.05) is 11.9 Å². The number of rotatable bonds is 2. The zero-order valence-electron chi connectivity index (χ0n) is 15.0. The third kappa shape index (κ3) is 3.91. The van der Waals surface area contributed by atoms with Crippen LogP contribution in [0.5, 0.6) is 0 Å². The molecule has 0 aromatic heterocycles. The highest BCUT2D eigenvalue weighted by Gasteiger charge is 2.34. The number of hydrogen-bond donors (Lipinski definition) is 1. The number of carbonyl (C=O) groups excluding carboxylic acids is 2. The molecule has 0 unspecified atom stereocenters. The molecule has 0 bridgehead atoms. The van der Waals surface area contributed by atoms with Crippen LogP contribution in [0.2, 0.25) is 0 Å². The largest absolute Gasteiger partial charge is 0.324 e. The Kier molecular flexibility index (Phi) is 5.15. The lowest BCUT2D eigenvalue weighted by Gasteiger charge is -2.30. The van der Waals surface area contributed by atoms with Gasteiger partial charge >= 0.3 is 0 Å². The molecule has 0 saturated carbocycles. The minimum absolute atomic E-state index is 0.232. The number of amides is 2. The van der Waals surface area contributed by atoms with Crippen molar-refractivity contribution in [2.24, 2.45) is 0 Å². The van der Waals surface area contributed by atoms with Crippen molar-refractivity contribution in [3.63, 3.8) is 0 Å². The van der Waals surface area contributed by atoms with Gasteiger partial charge in [0.15, 0.2) is 0 Å². The number of fused-ring (bicyclic) bond motifs is 1. The van der Waals surface area contributed by atoms with Gasteiger partial charge < -0.3 is 10.2 Å². The molecule has 3 aromatic carbocycles. The third-order valence-corrected chi connectivity index (χ3v) is 5.22. The molecule has 146 valence electrons. The van der Waals surface area contributed by atoms with Crippen LogP contribution in [0.25, 0.3) is 0 Å². The van der Waals surface area contributed by atoms with Gasteiger partial charge in [-0.1, -0.05) is 34.1 Å². The normalized spacial score (nSPS) is 16.0. The number of benzene rings is 3. The Hall–Kier alpha value is -3.06. The van der Waals surface area contributed by atoms with E-state index in [9.17, 15) is 18.4 Å². The number of anilines is 1. The first kappa shape index (κ1) is 19.3. The Bertz CT molecular complexity index is 1100. The molecule has 0 fully saturated rings. The van der Waals surface area contributed by atoms with Gasteiger partial charge in [0.05, 0.1) is 6.04 Å². The van der Waals surface area contributed by atoms with E-state index in [0.29, 0.717) is 26.9 Å². The highest BCUT2D eigenvalue weighted by atomic mass is 79.9. The van der Waals surface area contributed by atoms with Crippen molar-refractivity contribution in [3.05, 3.63) is 99.5 Å². The Morgan fingerprint density at radius 2 is 1.72 bits per heavy atom. The van der Waals surface area contributed by atoms with E-state index in [0.717, 1.165) is 0 Å². The summed E-state index contributed by atoms with van der Waals surface area (Å²) in [6, 6.07) is 15.6. The summed E-state index contributed by atoms with van der Waals surface area (Å²) in [6.45, 7) is -0.232. The van der Waals surface area contributed by atoms with Crippen LogP contribution in [0.15, 0.2) is 71.2 Å². The van der Waals surface area contributed by atoms with Crippen LogP contribution in [0.4, 0.5) is 14.5 Å². The second-order valence-electron chi connectivity index (χ2n) is 6.68. The number of carbonyl (C=O) groups is 2. The van der Waals surface area contributed by atoms with Gasteiger partial charge in [0.25, 0.3) is 5.91 Å². The van der Waals surface area contributed by atoms with Crippen molar-refractivity contribution in [2.45, 2.75) is 6.04 Å². The van der Waals surface area contributed by atoms with E-state index < -0.39 is 29.5 Å². The average Bonchev–Trinajstić information content (AvgIpc) is 2.84. The lowest BCUT2D eigenvalue weighted by Crippen LogP contribution is -2.39. The van der Waals surface area contributed by atoms with Crippen LogP contribution >= 0.6 is 15.9 Å². The zero-order valence-corrected chi connectivity index (χ0v) is 16.6. The van der Waals surface area contributed by atoms with Crippen LogP contribution in [-0.4, -0.2) is 23.3 Å². The maximum Gasteiger partial charge on any atom is 0.255 e. The molecule has 0 saturated heterocycles. The zero-order chi connectivity index (χ0) is 20.5. The van der Waals surface area contributed by atoms with Gasteiger partial charge in [-0.3, -0.25) is 9.59 Å². The van der Waals surface area contributed by atoms with Gasteiger partial charge in [-0.25, -0.2) is 8.78 Å². The summed E-state index contributed by atoms with van der Waals surface area (Å²) in [7, 11) is 0. The molecule has 29 heavy (non-hydrogen) atoms. The molecule has 4 nitrogen and oxygen atoms in total. The predicted molar refractivity (Wildman–Crippen MR) is 108 cm³/mol. The first-order chi connectivity index (χ1) is 13.9. The summed E-state index contributed by atoms with van der Waals surface area (Å²) in [5, 5.41) is 2.73. The Morgan fingerprint density at radius 3 is 2.45 bits per heavy atom. The minimum Gasteiger partial charge on any atom is -0.324 e. The maximum absolute atomic E-state index is 14.1. The van der Waals surface area contributed by atoms with Gasteiger partial charge in [0, 0.05) is 21.3 Å². The van der Waals surface area contributed by atoms with Crippen molar-refractivity contribution in [3.8, 4) is 0 Å². The van der Waals surface area contributed by atoms with E-state index in [4.69, 9.17) is 0 Å². The minimum atomic E-state index is -0.772. The monoisotopic (exact) mass is 456 g/mol. The topological polar surface area (TPSA) is 49.4 Å². The van der Waals surface area contributed by atoms with E-state index in [-0.39, 0.29) is 6.54 Å². The van der Waals surface area contributed by atoms with Crippen molar-refractivity contribution in [1.82, 2.24) is 4.90 Å². The summed E-state index contributed by atoms with van der Waals surface area (Å²) in [5.41, 5.74) is 1.78. The molecule has 1 atom stereocenters. The second kappa shape index (κ2) is 7.75. The van der Waals surface area contributed by atoms with E-state index in [2.05, 4.69) is 21.2 Å². The Morgan fingerprint density at radius 1 is 1.00 bits per heavy atom. The van der Waals surface area contributed by atoms with Crippen molar-refractivity contribution < 1.29 is 18.4 Å². The summed E-state index contributed by atoms with van der Waals surface area (Å²) in [4.78, 5) is 27.2. The second-order valence-corrected chi connectivity index (χ2v) is 7.59. The van der Waals surface area contributed by atoms with Crippen LogP contribution in [0.1, 0.15) is 27.5 Å². The summed E-state index contributed by atoms with van der Waals surface area (Å²) in [5.74, 6) is -1.72. The number of nitrogens with zero attached hydrogens (tertiary/aromatic N) is 1. The smallest absolute Gasteiger partial charge is 0.255 e. The molecule has 0 aliphatic carbocycles. The fraction of sp³-hybridized carbons (Fsp3) is 0.0909. The fourth-order valence-electron chi connectivity index (χ4n) is 3.46. The van der Waals surface area contributed by atoms with E-state index in [1.165, 1.54) is 47.4 Å². The van der Waals surface area contributed by atoms with Gasteiger partial charge in [0.2, 0.25) is 5.91 Å². The molecule has 0 spiro atoms. The van der Waals surface area contributed by atoms with Crippen LogP contribution in [0.3, 0.4) is 0 Å². The molecule has 2 amide bonds. The van der Waals surface area contributed by atoms with E-state index >= 15 is 0 Å². The molecule has 0 radical (unpaired) electrons. The first-order valence-corrected chi connectivity index (χ1v) is 9.63. The molecule has 4 rings (SSSR count). The highest BCUT2D eigenvalue weighted by molar-refractivity contribution is 9.10. The molecule has 7 heteroatoms. The molecule has 1 N–H and O–H groups in total. The van der Waals surface area contributed by atoms with Gasteiger partial charge in [-0.15, -0.1) is 0 Å². The number of halogens is 3. The Labute approximate surface area is 174 Å². The van der Waals surface area contributed by atoms with Crippen molar-refractivity contribution in [1.29, 1.82) is 0 Å². The quantitative estimate of drug-likeness (QED) is 0.595. The molecule has 1 aliphatic rings. The number of hydrogen-bond acceptors (Lipinski definition) is 2. The molecular formula is C22H15BrF2N2O2. The third-order valence-electron chi connectivity index (χ3n) is 4.73. The van der Waals surface area contributed by atoms with Gasteiger partial charge in [0.1, 0.15) is 18.2 Å². The standard InChI is InChI=1S/C22H15BrF2N2O2/c23-15-3-1-2-14(10-15)22(29)27-12-20(28)26-19-9-8-17(25)11-18(19)21(27)13-4-6-16(24)7-5-13/h1-11,21H,12H2,(H,26,28)/t21-/m0/s1. The lowest BCUT2D eigenvalue weighted by atomic mass is 9.95. The predicted octanol–water partition coefficient (Wildman–Crippen LogP) is 4.91. The molecule has 1 aliphatic heterocycles. The van der Waals surface area contributed by atoms with E-state index in [1.54, 1.807) is 24.3 Å². The fourth-order valence-corrected chi connectivity index (χ4v) is 3.86. The Balaban J connectivity index is 1.90. The van der Waals surface area contributed by atoms with Crippen LogP contribution in [0, 0.1) is 11.6 Å². The van der Waals surface area contributed by atoms with Gasteiger partial charge in [-0.05, 0) is 54.1 Å². The SMILES string of the molecule is O=C1CN(C(=O)c2cccc(Br)c2)[C@@H](c2ccc(F)cc2)c2cc(F)ccc2N1. The molecule has 1 heterocycles. The summed E-state index contributed by atoms with van der Waals surface area (Å²) >= 11 is 3.34. The van der Waals surface area contributed by atoms with E-state index in [1.807, 2.05) is 0 Å². The molecular weight excluding hydrogens is 442 g/mol. The maximum atomic E-state index is 14.1. The average molecular weight is 457 g/mol. The lowest BCUT2D eigenvalue weighted by molar-refractivity contribution is -0.117. The summed E-state index contributed by atoms with van der Waals surface area (Å²) in [6.07, 6.45) is 0. The van der Waals surface area contributed by atoms with Crippen LogP contribution < -0.4 is 5.32 Å². The number of nitrogens with one attached hydrogen (secondary N) is 1. The summed E-state index contributed by atoms with van der Waals surface area (Å²) < 4.78 is 28.3. The van der Waals surface area contributed by atoms with Crippen LogP contribution in [-0.2, 0) is 4.79 Å². The molecule has 3 aromatic rings. The van der Waals surface area contributed by atoms with Crippen molar-refractivity contribution >= 4 is 33.4 Å². The van der Waals surface area contributed by atoms with Gasteiger partial charge in [-0.2, -0.15) is 0 Å². The highest BCUT2D eigenvalue weighted by Crippen LogP contribution is 2.37. The first-order valence-electron chi connectivity index (χ1n) is 8.83.